The zero-order valence-corrected chi connectivity index (χ0v) is 20.1. The first-order valence-corrected chi connectivity index (χ1v) is 12.2. The number of nitrogen functional groups attached to an aromatic ring is 1. The van der Waals surface area contributed by atoms with Gasteiger partial charge in [-0.1, -0.05) is 62.7 Å². The van der Waals surface area contributed by atoms with Gasteiger partial charge in [-0.25, -0.2) is 9.97 Å². The summed E-state index contributed by atoms with van der Waals surface area (Å²) in [6.45, 7) is 6.70. The molecule has 4 rings (SSSR count). The minimum atomic E-state index is 0.0149. The van der Waals surface area contributed by atoms with Gasteiger partial charge in [0.15, 0.2) is 5.82 Å². The maximum Gasteiger partial charge on any atom is 0.234 e. The van der Waals surface area contributed by atoms with Crippen LogP contribution in [0.15, 0.2) is 48.5 Å². The van der Waals surface area contributed by atoms with E-state index in [9.17, 15) is 4.79 Å². The summed E-state index contributed by atoms with van der Waals surface area (Å²) < 4.78 is 2.29. The molecule has 0 bridgehead atoms. The van der Waals surface area contributed by atoms with Gasteiger partial charge in [-0.05, 0) is 36.6 Å². The fraction of sp³-hybridized carbons (Fsp3) is 0.370. The van der Waals surface area contributed by atoms with Gasteiger partial charge in [-0.15, -0.1) is 0 Å². The van der Waals surface area contributed by atoms with Crippen LogP contribution in [0.4, 0.5) is 5.82 Å². The van der Waals surface area contributed by atoms with Crippen LogP contribution in [0.2, 0.25) is 0 Å². The first kappa shape index (κ1) is 23.7. The summed E-state index contributed by atoms with van der Waals surface area (Å²) in [5, 5.41) is 7.16. The quantitative estimate of drug-likeness (QED) is 0.293. The lowest BCUT2D eigenvalue weighted by Gasteiger charge is -2.12. The van der Waals surface area contributed by atoms with Crippen LogP contribution < -0.4 is 16.4 Å². The van der Waals surface area contributed by atoms with E-state index in [-0.39, 0.29) is 5.91 Å². The smallest absolute Gasteiger partial charge is 0.234 e. The average Bonchev–Trinajstić information content (AvgIpc) is 3.21. The van der Waals surface area contributed by atoms with Crippen molar-refractivity contribution in [3.8, 4) is 0 Å². The molecule has 7 nitrogen and oxygen atoms in total. The van der Waals surface area contributed by atoms with E-state index in [0.29, 0.717) is 25.5 Å². The van der Waals surface area contributed by atoms with Crippen molar-refractivity contribution in [3.63, 3.8) is 0 Å². The number of hydrogen-bond donors (Lipinski definition) is 3. The standard InChI is InChI=1S/C27H34N6O/c1-3-5-10-23-32-25-26(21-8-6-7-9-22(21)31-27(25)28)33(23)18-20-13-11-19(12-14-20)16-30-24(34)17-29-15-4-2/h6-9,11-14,29H,3-5,10,15-18H2,1-2H3,(H2,28,31)(H,30,34). The Morgan fingerprint density at radius 1 is 1.00 bits per heavy atom. The van der Waals surface area contributed by atoms with Gasteiger partial charge in [-0.2, -0.15) is 0 Å². The third-order valence-corrected chi connectivity index (χ3v) is 6.01. The summed E-state index contributed by atoms with van der Waals surface area (Å²) in [5.41, 5.74) is 11.3. The second kappa shape index (κ2) is 11.1. The van der Waals surface area contributed by atoms with Gasteiger partial charge >= 0.3 is 0 Å². The molecular weight excluding hydrogens is 424 g/mol. The highest BCUT2D eigenvalue weighted by molar-refractivity contribution is 6.06. The molecule has 0 aliphatic rings. The van der Waals surface area contributed by atoms with Crippen molar-refractivity contribution < 1.29 is 4.79 Å². The number of hydrogen-bond acceptors (Lipinski definition) is 5. The molecule has 0 unspecified atom stereocenters. The minimum absolute atomic E-state index is 0.0149. The molecule has 0 saturated carbocycles. The third-order valence-electron chi connectivity index (χ3n) is 6.01. The number of unbranched alkanes of at least 4 members (excludes halogenated alkanes) is 1. The second-order valence-electron chi connectivity index (χ2n) is 8.70. The van der Waals surface area contributed by atoms with Crippen molar-refractivity contribution in [1.29, 1.82) is 0 Å². The number of nitrogens with zero attached hydrogens (tertiary/aromatic N) is 3. The van der Waals surface area contributed by atoms with Crippen LogP contribution in [0.1, 0.15) is 50.1 Å². The van der Waals surface area contributed by atoms with Crippen LogP contribution in [-0.4, -0.2) is 33.5 Å². The maximum atomic E-state index is 12.0. The summed E-state index contributed by atoms with van der Waals surface area (Å²) in [4.78, 5) is 21.4. The topological polar surface area (TPSA) is 97.9 Å². The van der Waals surface area contributed by atoms with E-state index in [1.54, 1.807) is 0 Å². The number of carbonyl (C=O) groups is 1. The molecule has 34 heavy (non-hydrogen) atoms. The Hall–Kier alpha value is -3.45. The normalized spacial score (nSPS) is 11.4. The van der Waals surface area contributed by atoms with E-state index in [1.165, 1.54) is 5.56 Å². The highest BCUT2D eigenvalue weighted by atomic mass is 16.1. The van der Waals surface area contributed by atoms with E-state index in [0.717, 1.165) is 65.6 Å². The molecule has 0 saturated heterocycles. The van der Waals surface area contributed by atoms with Gasteiger partial charge in [0.1, 0.15) is 11.3 Å². The van der Waals surface area contributed by atoms with Crippen molar-refractivity contribution in [2.24, 2.45) is 0 Å². The predicted molar refractivity (Wildman–Crippen MR) is 139 cm³/mol. The molecule has 2 aromatic carbocycles. The van der Waals surface area contributed by atoms with Crippen molar-refractivity contribution >= 4 is 33.7 Å². The van der Waals surface area contributed by atoms with Crippen LogP contribution in [0, 0.1) is 0 Å². The Morgan fingerprint density at radius 2 is 1.76 bits per heavy atom. The van der Waals surface area contributed by atoms with Gasteiger partial charge < -0.3 is 20.9 Å². The number of aromatic nitrogens is 3. The number of benzene rings is 2. The fourth-order valence-electron chi connectivity index (χ4n) is 4.19. The lowest BCUT2D eigenvalue weighted by molar-refractivity contribution is -0.120. The minimum Gasteiger partial charge on any atom is -0.382 e. The molecule has 0 fully saturated rings. The number of imidazole rings is 1. The molecule has 0 atom stereocenters. The van der Waals surface area contributed by atoms with Crippen LogP contribution in [-0.2, 0) is 24.3 Å². The SMILES string of the molecule is CCCCc1nc2c(N)nc3ccccc3c2n1Cc1ccc(CNC(=O)CNCCC)cc1. The van der Waals surface area contributed by atoms with Crippen molar-refractivity contribution in [2.45, 2.75) is 52.6 Å². The third kappa shape index (κ3) is 5.37. The van der Waals surface area contributed by atoms with Crippen LogP contribution >= 0.6 is 0 Å². The summed E-state index contributed by atoms with van der Waals surface area (Å²) >= 11 is 0. The monoisotopic (exact) mass is 458 g/mol. The van der Waals surface area contributed by atoms with Crippen LogP contribution in [0.5, 0.6) is 0 Å². The molecule has 0 aliphatic carbocycles. The van der Waals surface area contributed by atoms with Crippen LogP contribution in [0.3, 0.4) is 0 Å². The highest BCUT2D eigenvalue weighted by Gasteiger charge is 2.17. The van der Waals surface area contributed by atoms with E-state index in [2.05, 4.69) is 64.4 Å². The summed E-state index contributed by atoms with van der Waals surface area (Å²) in [7, 11) is 0. The Bertz CT molecular complexity index is 1260. The molecule has 0 aliphatic heterocycles. The van der Waals surface area contributed by atoms with E-state index < -0.39 is 0 Å². The molecule has 7 heteroatoms. The second-order valence-corrected chi connectivity index (χ2v) is 8.70. The number of fused-ring (bicyclic) bond motifs is 3. The van der Waals surface area contributed by atoms with Gasteiger partial charge in [0.05, 0.1) is 17.6 Å². The number of nitrogens with two attached hydrogens (primary N) is 1. The number of amides is 1. The molecule has 0 spiro atoms. The lowest BCUT2D eigenvalue weighted by atomic mass is 10.1. The number of rotatable bonds is 11. The zero-order valence-electron chi connectivity index (χ0n) is 20.1. The number of pyridine rings is 1. The van der Waals surface area contributed by atoms with Crippen molar-refractivity contribution in [3.05, 3.63) is 65.5 Å². The zero-order chi connectivity index (χ0) is 23.9. The molecule has 0 radical (unpaired) electrons. The number of para-hydroxylation sites is 1. The Morgan fingerprint density at radius 3 is 2.53 bits per heavy atom. The average molecular weight is 459 g/mol. The van der Waals surface area contributed by atoms with Crippen molar-refractivity contribution in [2.75, 3.05) is 18.8 Å². The lowest BCUT2D eigenvalue weighted by Crippen LogP contribution is -2.33. The van der Waals surface area contributed by atoms with Gasteiger partial charge in [0.25, 0.3) is 0 Å². The van der Waals surface area contributed by atoms with Crippen molar-refractivity contribution in [1.82, 2.24) is 25.2 Å². The first-order valence-electron chi connectivity index (χ1n) is 12.2. The molecule has 178 valence electrons. The number of anilines is 1. The largest absolute Gasteiger partial charge is 0.382 e. The molecule has 4 N–H and O–H groups in total. The Kier molecular flexibility index (Phi) is 7.75. The Balaban J connectivity index is 1.58. The van der Waals surface area contributed by atoms with E-state index in [1.807, 2.05) is 18.2 Å². The number of nitrogens with one attached hydrogen (secondary N) is 2. The first-order chi connectivity index (χ1) is 16.6. The molecular formula is C27H34N6O. The Labute approximate surface area is 200 Å². The maximum absolute atomic E-state index is 12.0. The number of aryl methyl sites for hydroxylation is 1. The van der Waals surface area contributed by atoms with Gasteiger partial charge in [0.2, 0.25) is 5.91 Å². The highest BCUT2D eigenvalue weighted by Crippen LogP contribution is 2.30. The number of carbonyl (C=O) groups excluding carboxylic acids is 1. The summed E-state index contributed by atoms with van der Waals surface area (Å²) in [6, 6.07) is 16.5. The molecule has 4 aromatic rings. The molecule has 2 heterocycles. The molecule has 1 amide bonds. The van der Waals surface area contributed by atoms with E-state index in [4.69, 9.17) is 10.7 Å². The fourth-order valence-corrected chi connectivity index (χ4v) is 4.19. The van der Waals surface area contributed by atoms with Gasteiger partial charge in [0, 0.05) is 24.9 Å². The van der Waals surface area contributed by atoms with E-state index >= 15 is 0 Å². The summed E-state index contributed by atoms with van der Waals surface area (Å²) in [5.74, 6) is 1.53. The van der Waals surface area contributed by atoms with Gasteiger partial charge in [-0.3, -0.25) is 4.79 Å². The molecule has 2 aromatic heterocycles. The predicted octanol–water partition coefficient (Wildman–Crippen LogP) is 4.17. The summed E-state index contributed by atoms with van der Waals surface area (Å²) in [6.07, 6.45) is 4.08. The van der Waals surface area contributed by atoms with Crippen LogP contribution in [0.25, 0.3) is 21.9 Å².